The molecule has 7 nitrogen and oxygen atoms in total. The summed E-state index contributed by atoms with van der Waals surface area (Å²) in [4.78, 5) is 18.8. The standard InChI is InChI=1S/C21H39N7/c1-18(2)10-9-11-19(3,4)27(18)16-24-15(23)25-17(26-16)28-20(5,6)12-14(22)13-21(28,7)8/h14H,9-13,22H2,1-8H3,(H2,23,24,25,26). The highest BCUT2D eigenvalue weighted by atomic mass is 15.4. The van der Waals surface area contributed by atoms with Gasteiger partial charge in [-0.2, -0.15) is 15.0 Å². The molecule has 0 aromatic carbocycles. The lowest BCUT2D eigenvalue weighted by atomic mass is 9.77. The third-order valence-corrected chi connectivity index (χ3v) is 6.55. The Kier molecular flexibility index (Phi) is 4.85. The van der Waals surface area contributed by atoms with Crippen LogP contribution >= 0.6 is 0 Å². The summed E-state index contributed by atoms with van der Waals surface area (Å²) in [6.45, 7) is 17.9. The van der Waals surface area contributed by atoms with Crippen LogP contribution in [0.4, 0.5) is 17.8 Å². The fourth-order valence-electron chi connectivity index (χ4n) is 6.01. The highest BCUT2D eigenvalue weighted by molar-refractivity contribution is 5.50. The molecule has 7 heteroatoms. The molecule has 2 fully saturated rings. The van der Waals surface area contributed by atoms with Gasteiger partial charge in [0.2, 0.25) is 17.8 Å². The lowest BCUT2D eigenvalue weighted by Crippen LogP contribution is -2.64. The Morgan fingerprint density at radius 1 is 0.714 bits per heavy atom. The lowest BCUT2D eigenvalue weighted by molar-refractivity contribution is 0.215. The zero-order valence-corrected chi connectivity index (χ0v) is 19.0. The van der Waals surface area contributed by atoms with Crippen molar-refractivity contribution in [1.82, 2.24) is 15.0 Å². The van der Waals surface area contributed by atoms with Crippen LogP contribution in [0, 0.1) is 0 Å². The van der Waals surface area contributed by atoms with Gasteiger partial charge < -0.3 is 21.3 Å². The van der Waals surface area contributed by atoms with E-state index in [4.69, 9.17) is 16.5 Å². The monoisotopic (exact) mass is 389 g/mol. The Balaban J connectivity index is 2.12. The minimum Gasteiger partial charge on any atom is -0.368 e. The predicted octanol–water partition coefficient (Wildman–Crippen LogP) is 3.49. The quantitative estimate of drug-likeness (QED) is 0.799. The molecule has 0 bridgehead atoms. The first-order valence-electron chi connectivity index (χ1n) is 10.5. The number of nitrogens with zero attached hydrogens (tertiary/aromatic N) is 5. The second kappa shape index (κ2) is 6.44. The van der Waals surface area contributed by atoms with Gasteiger partial charge in [0.1, 0.15) is 0 Å². The van der Waals surface area contributed by atoms with E-state index in [0.29, 0.717) is 11.9 Å². The molecule has 3 heterocycles. The molecule has 158 valence electrons. The maximum atomic E-state index is 6.36. The Bertz CT molecular complexity index is 704. The maximum Gasteiger partial charge on any atom is 0.232 e. The van der Waals surface area contributed by atoms with E-state index < -0.39 is 0 Å². The number of nitrogens with two attached hydrogens (primary N) is 2. The van der Waals surface area contributed by atoms with Crippen LogP contribution in [-0.4, -0.2) is 43.1 Å². The number of nitrogen functional groups attached to an aromatic ring is 1. The van der Waals surface area contributed by atoms with Gasteiger partial charge in [-0.3, -0.25) is 0 Å². The average Bonchev–Trinajstić information content (AvgIpc) is 2.40. The second-order valence-corrected chi connectivity index (χ2v) is 11.2. The van der Waals surface area contributed by atoms with Crippen LogP contribution in [-0.2, 0) is 0 Å². The summed E-state index contributed by atoms with van der Waals surface area (Å²) in [5, 5.41) is 0. The van der Waals surface area contributed by atoms with Gasteiger partial charge in [-0.1, -0.05) is 0 Å². The Labute approximate surface area is 170 Å². The molecule has 28 heavy (non-hydrogen) atoms. The van der Waals surface area contributed by atoms with Crippen LogP contribution in [0.15, 0.2) is 0 Å². The first-order valence-corrected chi connectivity index (χ1v) is 10.5. The van der Waals surface area contributed by atoms with Crippen molar-refractivity contribution in [2.45, 2.75) is 116 Å². The highest BCUT2D eigenvalue weighted by Crippen LogP contribution is 2.43. The smallest absolute Gasteiger partial charge is 0.232 e. The third kappa shape index (κ3) is 3.65. The molecule has 0 saturated carbocycles. The van der Waals surface area contributed by atoms with E-state index in [1.54, 1.807) is 0 Å². The molecule has 1 aromatic rings. The molecule has 0 spiro atoms. The molecular formula is C21H39N7. The van der Waals surface area contributed by atoms with Gasteiger partial charge in [-0.15, -0.1) is 0 Å². The fourth-order valence-corrected chi connectivity index (χ4v) is 6.01. The van der Waals surface area contributed by atoms with E-state index in [1.165, 1.54) is 6.42 Å². The maximum absolute atomic E-state index is 6.36. The van der Waals surface area contributed by atoms with Crippen molar-refractivity contribution >= 4 is 17.8 Å². The van der Waals surface area contributed by atoms with E-state index >= 15 is 0 Å². The molecule has 4 N–H and O–H groups in total. The third-order valence-electron chi connectivity index (χ3n) is 6.55. The van der Waals surface area contributed by atoms with Crippen LogP contribution in [0.1, 0.15) is 87.5 Å². The summed E-state index contributed by atoms with van der Waals surface area (Å²) in [6.07, 6.45) is 5.18. The zero-order valence-electron chi connectivity index (χ0n) is 19.0. The number of piperidine rings is 2. The molecule has 2 aliphatic heterocycles. The predicted molar refractivity (Wildman–Crippen MR) is 117 cm³/mol. The van der Waals surface area contributed by atoms with E-state index in [-0.39, 0.29) is 34.1 Å². The summed E-state index contributed by atoms with van der Waals surface area (Å²) >= 11 is 0. The van der Waals surface area contributed by atoms with Crippen LogP contribution in [0.5, 0.6) is 0 Å². The summed E-state index contributed by atoms with van der Waals surface area (Å²) in [5.74, 6) is 1.61. The van der Waals surface area contributed by atoms with Gasteiger partial charge in [0.15, 0.2) is 0 Å². The minimum absolute atomic E-state index is 0.0396. The Hall–Kier alpha value is -1.63. The largest absolute Gasteiger partial charge is 0.368 e. The number of rotatable bonds is 2. The van der Waals surface area contributed by atoms with Crippen molar-refractivity contribution in [3.05, 3.63) is 0 Å². The number of hydrogen-bond acceptors (Lipinski definition) is 7. The van der Waals surface area contributed by atoms with Crippen LogP contribution in [0.3, 0.4) is 0 Å². The highest BCUT2D eigenvalue weighted by Gasteiger charge is 2.47. The summed E-state index contributed by atoms with van der Waals surface area (Å²) < 4.78 is 0. The number of hydrogen-bond donors (Lipinski definition) is 2. The van der Waals surface area contributed by atoms with Gasteiger partial charge in [-0.05, 0) is 87.5 Å². The zero-order chi connectivity index (χ0) is 21.1. The molecule has 0 aliphatic carbocycles. The van der Waals surface area contributed by atoms with Crippen molar-refractivity contribution in [3.63, 3.8) is 0 Å². The SMILES string of the molecule is CC1(C)CCCC(C)(C)N1c1nc(N)nc(N2C(C)(C)CC(N)CC2(C)C)n1. The van der Waals surface area contributed by atoms with E-state index in [1.807, 2.05) is 0 Å². The molecule has 2 aliphatic rings. The Morgan fingerprint density at radius 2 is 1.11 bits per heavy atom. The molecule has 0 radical (unpaired) electrons. The van der Waals surface area contributed by atoms with Crippen molar-refractivity contribution in [2.24, 2.45) is 5.73 Å². The van der Waals surface area contributed by atoms with Gasteiger partial charge >= 0.3 is 0 Å². The Morgan fingerprint density at radius 3 is 1.54 bits per heavy atom. The van der Waals surface area contributed by atoms with Crippen LogP contribution in [0.2, 0.25) is 0 Å². The second-order valence-electron chi connectivity index (χ2n) is 11.2. The molecule has 0 amide bonds. The number of aromatic nitrogens is 3. The van der Waals surface area contributed by atoms with E-state index in [2.05, 4.69) is 75.2 Å². The first-order chi connectivity index (χ1) is 12.7. The normalized spacial score (nSPS) is 26.3. The summed E-state index contributed by atoms with van der Waals surface area (Å²) in [6, 6.07) is 0.167. The van der Waals surface area contributed by atoms with Gasteiger partial charge in [0.05, 0.1) is 0 Å². The van der Waals surface area contributed by atoms with Gasteiger partial charge in [0.25, 0.3) is 0 Å². The molecular weight excluding hydrogens is 350 g/mol. The molecule has 2 saturated heterocycles. The van der Waals surface area contributed by atoms with Crippen molar-refractivity contribution in [2.75, 3.05) is 15.5 Å². The fraction of sp³-hybridized carbons (Fsp3) is 0.857. The van der Waals surface area contributed by atoms with E-state index in [9.17, 15) is 0 Å². The van der Waals surface area contributed by atoms with Crippen LogP contribution < -0.4 is 21.3 Å². The lowest BCUT2D eigenvalue weighted by Gasteiger charge is -2.55. The average molecular weight is 390 g/mol. The van der Waals surface area contributed by atoms with Crippen LogP contribution in [0.25, 0.3) is 0 Å². The van der Waals surface area contributed by atoms with Crippen molar-refractivity contribution in [3.8, 4) is 0 Å². The summed E-state index contributed by atoms with van der Waals surface area (Å²) in [5.41, 5.74) is 12.2. The first kappa shape index (κ1) is 21.1. The van der Waals surface area contributed by atoms with Crippen molar-refractivity contribution < 1.29 is 0 Å². The molecule has 3 rings (SSSR count). The van der Waals surface area contributed by atoms with Crippen molar-refractivity contribution in [1.29, 1.82) is 0 Å². The summed E-state index contributed by atoms with van der Waals surface area (Å²) in [7, 11) is 0. The topological polar surface area (TPSA) is 97.2 Å². The molecule has 0 unspecified atom stereocenters. The molecule has 0 atom stereocenters. The van der Waals surface area contributed by atoms with Gasteiger partial charge in [0, 0.05) is 28.2 Å². The minimum atomic E-state index is -0.167. The molecule has 1 aromatic heterocycles. The van der Waals surface area contributed by atoms with Gasteiger partial charge in [-0.25, -0.2) is 0 Å². The van der Waals surface area contributed by atoms with E-state index in [0.717, 1.165) is 25.7 Å². The number of anilines is 3.